The Morgan fingerprint density at radius 2 is 2.12 bits per heavy atom. The molecule has 94 valence electrons. The third kappa shape index (κ3) is 2.49. The van der Waals surface area contributed by atoms with Crippen LogP contribution in [-0.4, -0.2) is 34.1 Å². The number of aryl methyl sites for hydroxylation is 1. The lowest BCUT2D eigenvalue weighted by Gasteiger charge is -2.22. The molecule has 17 heavy (non-hydrogen) atoms. The first-order valence-corrected chi connectivity index (χ1v) is 5.94. The summed E-state index contributed by atoms with van der Waals surface area (Å²) < 4.78 is 6.94. The summed E-state index contributed by atoms with van der Waals surface area (Å²) in [5.74, 6) is -0.421. The van der Waals surface area contributed by atoms with Crippen molar-refractivity contribution in [2.75, 3.05) is 13.2 Å². The summed E-state index contributed by atoms with van der Waals surface area (Å²) in [7, 11) is 0. The standard InChI is InChI=1S/C12H18N2O3/c1-8-9(2)13-14(11(8)12(15)16)7-10-3-5-17-6-4-10/h10H,3-7H2,1-2H3,(H,15,16). The molecule has 2 heterocycles. The van der Waals surface area contributed by atoms with Gasteiger partial charge in [0.2, 0.25) is 0 Å². The van der Waals surface area contributed by atoms with Gasteiger partial charge in [0.15, 0.2) is 0 Å². The zero-order valence-electron chi connectivity index (χ0n) is 10.3. The van der Waals surface area contributed by atoms with Gasteiger partial charge in [0, 0.05) is 25.3 Å². The molecule has 5 nitrogen and oxygen atoms in total. The van der Waals surface area contributed by atoms with Crippen molar-refractivity contribution in [3.05, 3.63) is 17.0 Å². The highest BCUT2D eigenvalue weighted by atomic mass is 16.5. The van der Waals surface area contributed by atoms with E-state index < -0.39 is 5.97 Å². The lowest BCUT2D eigenvalue weighted by atomic mass is 10.0. The molecule has 0 radical (unpaired) electrons. The number of carboxylic acids is 1. The Balaban J connectivity index is 2.19. The lowest BCUT2D eigenvalue weighted by molar-refractivity contribution is 0.0579. The van der Waals surface area contributed by atoms with Crippen LogP contribution in [0.25, 0.3) is 0 Å². The van der Waals surface area contributed by atoms with Crippen LogP contribution in [0.3, 0.4) is 0 Å². The van der Waals surface area contributed by atoms with Crippen molar-refractivity contribution in [3.63, 3.8) is 0 Å². The Labute approximate surface area is 100 Å². The summed E-state index contributed by atoms with van der Waals surface area (Å²) >= 11 is 0. The highest BCUT2D eigenvalue weighted by Crippen LogP contribution is 2.20. The highest BCUT2D eigenvalue weighted by Gasteiger charge is 2.21. The molecule has 1 aromatic rings. The zero-order valence-corrected chi connectivity index (χ0v) is 10.3. The van der Waals surface area contributed by atoms with Gasteiger partial charge in [-0.15, -0.1) is 0 Å². The first kappa shape index (κ1) is 12.1. The molecule has 1 aliphatic rings. The van der Waals surface area contributed by atoms with E-state index in [1.165, 1.54) is 0 Å². The van der Waals surface area contributed by atoms with Gasteiger partial charge < -0.3 is 9.84 Å². The Hall–Kier alpha value is -1.36. The smallest absolute Gasteiger partial charge is 0.354 e. The Morgan fingerprint density at radius 3 is 2.71 bits per heavy atom. The number of aromatic carboxylic acids is 1. The summed E-state index contributed by atoms with van der Waals surface area (Å²) in [4.78, 5) is 11.2. The minimum absolute atomic E-state index is 0.328. The van der Waals surface area contributed by atoms with Gasteiger partial charge in [0.1, 0.15) is 5.69 Å². The van der Waals surface area contributed by atoms with E-state index in [0.717, 1.165) is 37.3 Å². The zero-order chi connectivity index (χ0) is 12.4. The molecule has 0 spiro atoms. The Morgan fingerprint density at radius 1 is 1.47 bits per heavy atom. The van der Waals surface area contributed by atoms with Gasteiger partial charge in [-0.25, -0.2) is 4.79 Å². The van der Waals surface area contributed by atoms with Crippen molar-refractivity contribution < 1.29 is 14.6 Å². The first-order chi connectivity index (χ1) is 8.09. The maximum Gasteiger partial charge on any atom is 0.354 e. The third-order valence-electron chi connectivity index (χ3n) is 3.40. The van der Waals surface area contributed by atoms with E-state index in [2.05, 4.69) is 5.10 Å². The van der Waals surface area contributed by atoms with Gasteiger partial charge in [-0.05, 0) is 32.6 Å². The SMILES string of the molecule is Cc1nn(CC2CCOCC2)c(C(=O)O)c1C. The molecule has 0 aromatic carbocycles. The number of hydrogen-bond acceptors (Lipinski definition) is 3. The summed E-state index contributed by atoms with van der Waals surface area (Å²) in [6.45, 7) is 5.88. The van der Waals surface area contributed by atoms with Crippen molar-refractivity contribution in [1.29, 1.82) is 0 Å². The monoisotopic (exact) mass is 238 g/mol. The maximum absolute atomic E-state index is 11.2. The predicted molar refractivity (Wildman–Crippen MR) is 62.2 cm³/mol. The fraction of sp³-hybridized carbons (Fsp3) is 0.667. The molecular weight excluding hydrogens is 220 g/mol. The fourth-order valence-electron chi connectivity index (χ4n) is 2.25. The lowest BCUT2D eigenvalue weighted by Crippen LogP contribution is -2.23. The number of rotatable bonds is 3. The van der Waals surface area contributed by atoms with Gasteiger partial charge in [-0.1, -0.05) is 0 Å². The Bertz CT molecular complexity index is 420. The molecule has 0 amide bonds. The summed E-state index contributed by atoms with van der Waals surface area (Å²) in [5, 5.41) is 13.5. The average Bonchev–Trinajstić information content (AvgIpc) is 2.56. The minimum Gasteiger partial charge on any atom is -0.477 e. The Kier molecular flexibility index (Phi) is 3.47. The van der Waals surface area contributed by atoms with Crippen LogP contribution in [0.15, 0.2) is 0 Å². The van der Waals surface area contributed by atoms with Crippen LogP contribution >= 0.6 is 0 Å². The van der Waals surface area contributed by atoms with E-state index in [1.54, 1.807) is 4.68 Å². The number of nitrogens with zero attached hydrogens (tertiary/aromatic N) is 2. The maximum atomic E-state index is 11.2. The molecule has 1 saturated heterocycles. The van der Waals surface area contributed by atoms with Crippen LogP contribution < -0.4 is 0 Å². The van der Waals surface area contributed by atoms with Crippen LogP contribution in [0, 0.1) is 19.8 Å². The average molecular weight is 238 g/mol. The van der Waals surface area contributed by atoms with Crippen LogP contribution in [0.2, 0.25) is 0 Å². The number of carbonyl (C=O) groups is 1. The molecule has 1 N–H and O–H groups in total. The second-order valence-corrected chi connectivity index (χ2v) is 4.60. The minimum atomic E-state index is -0.893. The summed E-state index contributed by atoms with van der Waals surface area (Å²) in [6.07, 6.45) is 1.97. The van der Waals surface area contributed by atoms with Crippen molar-refractivity contribution >= 4 is 5.97 Å². The van der Waals surface area contributed by atoms with Crippen LogP contribution in [0.1, 0.15) is 34.6 Å². The van der Waals surface area contributed by atoms with Crippen molar-refractivity contribution in [2.24, 2.45) is 5.92 Å². The molecule has 5 heteroatoms. The van der Waals surface area contributed by atoms with E-state index >= 15 is 0 Å². The second-order valence-electron chi connectivity index (χ2n) is 4.60. The summed E-state index contributed by atoms with van der Waals surface area (Å²) in [6, 6.07) is 0. The molecule has 0 aliphatic carbocycles. The molecule has 1 aromatic heterocycles. The first-order valence-electron chi connectivity index (χ1n) is 5.94. The molecule has 0 unspecified atom stereocenters. The van der Waals surface area contributed by atoms with Crippen molar-refractivity contribution in [1.82, 2.24) is 9.78 Å². The normalized spacial score (nSPS) is 17.3. The number of hydrogen-bond donors (Lipinski definition) is 1. The number of aromatic nitrogens is 2. The van der Waals surface area contributed by atoms with Gasteiger partial charge in [-0.2, -0.15) is 5.10 Å². The summed E-state index contributed by atoms with van der Waals surface area (Å²) in [5.41, 5.74) is 1.90. The van der Waals surface area contributed by atoms with E-state index in [4.69, 9.17) is 4.74 Å². The van der Waals surface area contributed by atoms with Crippen LogP contribution in [0.4, 0.5) is 0 Å². The molecule has 1 aliphatic heterocycles. The third-order valence-corrected chi connectivity index (χ3v) is 3.40. The van der Waals surface area contributed by atoms with Gasteiger partial charge in [-0.3, -0.25) is 4.68 Å². The quantitative estimate of drug-likeness (QED) is 0.869. The molecular formula is C12H18N2O3. The molecule has 0 bridgehead atoms. The van der Waals surface area contributed by atoms with E-state index in [-0.39, 0.29) is 0 Å². The van der Waals surface area contributed by atoms with Gasteiger partial charge >= 0.3 is 5.97 Å². The largest absolute Gasteiger partial charge is 0.477 e. The van der Waals surface area contributed by atoms with Gasteiger partial charge in [0.25, 0.3) is 0 Å². The topological polar surface area (TPSA) is 64.4 Å². The molecule has 1 fully saturated rings. The van der Waals surface area contributed by atoms with Crippen LogP contribution in [0.5, 0.6) is 0 Å². The predicted octanol–water partition coefficient (Wildman–Crippen LogP) is 1.62. The second kappa shape index (κ2) is 4.87. The molecule has 2 rings (SSSR count). The van der Waals surface area contributed by atoms with E-state index in [1.807, 2.05) is 13.8 Å². The molecule has 0 saturated carbocycles. The van der Waals surface area contributed by atoms with Crippen molar-refractivity contribution in [2.45, 2.75) is 33.2 Å². The van der Waals surface area contributed by atoms with Crippen LogP contribution in [-0.2, 0) is 11.3 Å². The number of ether oxygens (including phenoxy) is 1. The van der Waals surface area contributed by atoms with Gasteiger partial charge in [0.05, 0.1) is 5.69 Å². The van der Waals surface area contributed by atoms with E-state index in [9.17, 15) is 9.90 Å². The fourth-order valence-corrected chi connectivity index (χ4v) is 2.25. The van der Waals surface area contributed by atoms with Crippen molar-refractivity contribution in [3.8, 4) is 0 Å². The highest BCUT2D eigenvalue weighted by molar-refractivity contribution is 5.87. The van der Waals surface area contributed by atoms with E-state index in [0.29, 0.717) is 18.2 Å². The number of carboxylic acid groups (broad SMARTS) is 1. The molecule has 0 atom stereocenters.